The number of hydrogen-bond donors (Lipinski definition) is 2. The number of aryl methyl sites for hydroxylation is 1. The van der Waals surface area contributed by atoms with Gasteiger partial charge in [-0.1, -0.05) is 12.1 Å². The number of hydrogen-bond acceptors (Lipinski definition) is 5. The quantitative estimate of drug-likeness (QED) is 0.546. The van der Waals surface area contributed by atoms with E-state index in [1.54, 1.807) is 0 Å². The number of likely N-dealkylation sites (tertiary alicyclic amines) is 1. The Labute approximate surface area is 159 Å². The van der Waals surface area contributed by atoms with Crippen LogP contribution < -0.4 is 5.32 Å². The summed E-state index contributed by atoms with van der Waals surface area (Å²) >= 11 is 0. The number of fused-ring (bicyclic) bond motifs is 1. The molecule has 1 aromatic carbocycles. The summed E-state index contributed by atoms with van der Waals surface area (Å²) in [6.45, 7) is 4.71. The van der Waals surface area contributed by atoms with Crippen molar-refractivity contribution < 1.29 is 14.3 Å². The van der Waals surface area contributed by atoms with Crippen molar-refractivity contribution in [2.45, 2.75) is 32.6 Å². The first kappa shape index (κ1) is 19.4. The van der Waals surface area contributed by atoms with E-state index in [-0.39, 0.29) is 17.8 Å². The van der Waals surface area contributed by atoms with Crippen LogP contribution in [0.1, 0.15) is 32.0 Å². The fraction of sp³-hybridized carbons (Fsp3) is 0.550. The van der Waals surface area contributed by atoms with E-state index in [1.807, 2.05) is 31.2 Å². The molecule has 2 heterocycles. The molecule has 2 N–H and O–H groups in total. The minimum Gasteiger partial charge on any atom is -0.465 e. The summed E-state index contributed by atoms with van der Waals surface area (Å²) in [5.41, 5.74) is 2.03. The predicted molar refractivity (Wildman–Crippen MR) is 103 cm³/mol. The van der Waals surface area contributed by atoms with Crippen molar-refractivity contribution in [3.8, 4) is 0 Å². The number of imidazole rings is 1. The molecule has 27 heavy (non-hydrogen) atoms. The van der Waals surface area contributed by atoms with Crippen LogP contribution in [0, 0.1) is 5.92 Å². The molecule has 146 valence electrons. The molecule has 1 fully saturated rings. The Balaban J connectivity index is 1.33. The standard InChI is InChI=1S/C20H28N4O3/c1-2-27-19(25)14-24-12-9-15(10-13-24)20(26)21-11-5-8-18-22-16-6-3-4-7-17(16)23-18/h3-4,6-7,15H,2,5,8-14H2,1H3,(H,21,26)(H,22,23). The van der Waals surface area contributed by atoms with Crippen LogP contribution in [0.25, 0.3) is 11.0 Å². The van der Waals surface area contributed by atoms with Gasteiger partial charge in [0.1, 0.15) is 5.82 Å². The number of amides is 1. The third-order valence-corrected chi connectivity index (χ3v) is 4.94. The summed E-state index contributed by atoms with van der Waals surface area (Å²) in [5.74, 6) is 0.925. The number of piperidine rings is 1. The van der Waals surface area contributed by atoms with Gasteiger partial charge in [-0.15, -0.1) is 0 Å². The molecule has 0 unspecified atom stereocenters. The number of carbonyl (C=O) groups is 2. The molecule has 0 aliphatic carbocycles. The number of aromatic nitrogens is 2. The number of para-hydroxylation sites is 2. The van der Waals surface area contributed by atoms with E-state index >= 15 is 0 Å². The van der Waals surface area contributed by atoms with Gasteiger partial charge in [0, 0.05) is 18.9 Å². The van der Waals surface area contributed by atoms with E-state index in [9.17, 15) is 9.59 Å². The topological polar surface area (TPSA) is 87.3 Å². The maximum absolute atomic E-state index is 12.3. The molecule has 7 heteroatoms. The van der Waals surface area contributed by atoms with Crippen LogP contribution in [0.15, 0.2) is 24.3 Å². The van der Waals surface area contributed by atoms with Crippen molar-refractivity contribution in [1.82, 2.24) is 20.2 Å². The van der Waals surface area contributed by atoms with Gasteiger partial charge in [-0.2, -0.15) is 0 Å². The Morgan fingerprint density at radius 1 is 1.30 bits per heavy atom. The lowest BCUT2D eigenvalue weighted by molar-refractivity contribution is -0.144. The molecule has 0 bridgehead atoms. The number of esters is 1. The number of aromatic amines is 1. The Bertz CT molecular complexity index is 732. The van der Waals surface area contributed by atoms with Crippen LogP contribution in [0.4, 0.5) is 0 Å². The highest BCUT2D eigenvalue weighted by Crippen LogP contribution is 2.17. The highest BCUT2D eigenvalue weighted by atomic mass is 16.5. The number of carbonyl (C=O) groups excluding carboxylic acids is 2. The molecule has 1 aliphatic rings. The molecule has 0 atom stereocenters. The lowest BCUT2D eigenvalue weighted by Crippen LogP contribution is -2.42. The zero-order valence-electron chi connectivity index (χ0n) is 15.9. The molecule has 2 aromatic rings. The minimum absolute atomic E-state index is 0.0367. The van der Waals surface area contributed by atoms with Gasteiger partial charge in [-0.05, 0) is 51.4 Å². The summed E-state index contributed by atoms with van der Waals surface area (Å²) in [6.07, 6.45) is 3.24. The van der Waals surface area contributed by atoms with E-state index in [2.05, 4.69) is 20.2 Å². The lowest BCUT2D eigenvalue weighted by Gasteiger charge is -2.30. The Morgan fingerprint density at radius 3 is 2.81 bits per heavy atom. The van der Waals surface area contributed by atoms with Gasteiger partial charge in [0.25, 0.3) is 0 Å². The fourth-order valence-electron chi connectivity index (χ4n) is 3.48. The average Bonchev–Trinajstić information content (AvgIpc) is 3.08. The maximum atomic E-state index is 12.3. The van der Waals surface area contributed by atoms with Gasteiger partial charge in [0.05, 0.1) is 24.2 Å². The van der Waals surface area contributed by atoms with Crippen LogP contribution >= 0.6 is 0 Å². The summed E-state index contributed by atoms with van der Waals surface area (Å²) in [7, 11) is 0. The molecule has 0 spiro atoms. The molecule has 1 aliphatic heterocycles. The molecule has 1 amide bonds. The number of nitrogens with one attached hydrogen (secondary N) is 2. The molecular weight excluding hydrogens is 344 g/mol. The zero-order chi connectivity index (χ0) is 19.1. The molecule has 3 rings (SSSR count). The van der Waals surface area contributed by atoms with Crippen molar-refractivity contribution in [3.63, 3.8) is 0 Å². The first-order valence-corrected chi connectivity index (χ1v) is 9.75. The second kappa shape index (κ2) is 9.50. The highest BCUT2D eigenvalue weighted by Gasteiger charge is 2.25. The van der Waals surface area contributed by atoms with E-state index in [0.717, 1.165) is 55.6 Å². The first-order chi connectivity index (χ1) is 13.2. The number of ether oxygens (including phenoxy) is 1. The molecule has 1 saturated heterocycles. The SMILES string of the molecule is CCOC(=O)CN1CCC(C(=O)NCCCc2nc3ccccc3[nH]2)CC1. The average molecular weight is 372 g/mol. The molecule has 1 aromatic heterocycles. The predicted octanol–water partition coefficient (Wildman–Crippen LogP) is 1.89. The summed E-state index contributed by atoms with van der Waals surface area (Å²) in [6, 6.07) is 7.97. The number of nitrogens with zero attached hydrogens (tertiary/aromatic N) is 2. The van der Waals surface area contributed by atoms with Gasteiger partial charge < -0.3 is 15.0 Å². The Morgan fingerprint density at radius 2 is 2.07 bits per heavy atom. The first-order valence-electron chi connectivity index (χ1n) is 9.75. The van der Waals surface area contributed by atoms with Crippen molar-refractivity contribution in [3.05, 3.63) is 30.1 Å². The second-order valence-corrected chi connectivity index (χ2v) is 6.95. The second-order valence-electron chi connectivity index (χ2n) is 6.95. The number of H-pyrrole nitrogens is 1. The third-order valence-electron chi connectivity index (χ3n) is 4.94. The molecular formula is C20H28N4O3. The third kappa shape index (κ3) is 5.53. The van der Waals surface area contributed by atoms with Gasteiger partial charge in [-0.3, -0.25) is 14.5 Å². The van der Waals surface area contributed by atoms with Crippen molar-refractivity contribution in [2.24, 2.45) is 5.92 Å². The number of rotatable bonds is 8. The minimum atomic E-state index is -0.189. The van der Waals surface area contributed by atoms with Crippen molar-refractivity contribution in [2.75, 3.05) is 32.8 Å². The maximum Gasteiger partial charge on any atom is 0.320 e. The van der Waals surface area contributed by atoms with Crippen LogP contribution in [0.3, 0.4) is 0 Å². The van der Waals surface area contributed by atoms with E-state index in [1.165, 1.54) is 0 Å². The zero-order valence-corrected chi connectivity index (χ0v) is 15.9. The van der Waals surface area contributed by atoms with Crippen molar-refractivity contribution >= 4 is 22.9 Å². The van der Waals surface area contributed by atoms with Crippen LogP contribution in [-0.4, -0.2) is 59.5 Å². The van der Waals surface area contributed by atoms with Gasteiger partial charge in [-0.25, -0.2) is 4.98 Å². The van der Waals surface area contributed by atoms with E-state index in [0.29, 0.717) is 19.7 Å². The van der Waals surface area contributed by atoms with E-state index in [4.69, 9.17) is 4.74 Å². The van der Waals surface area contributed by atoms with Crippen LogP contribution in [-0.2, 0) is 20.7 Å². The largest absolute Gasteiger partial charge is 0.465 e. The van der Waals surface area contributed by atoms with Gasteiger partial charge in [0.2, 0.25) is 5.91 Å². The Kier molecular flexibility index (Phi) is 6.81. The molecule has 7 nitrogen and oxygen atoms in total. The number of benzene rings is 1. The smallest absolute Gasteiger partial charge is 0.320 e. The lowest BCUT2D eigenvalue weighted by atomic mass is 9.96. The molecule has 0 saturated carbocycles. The van der Waals surface area contributed by atoms with Gasteiger partial charge in [0.15, 0.2) is 0 Å². The van der Waals surface area contributed by atoms with Gasteiger partial charge >= 0.3 is 5.97 Å². The highest BCUT2D eigenvalue weighted by molar-refractivity contribution is 5.79. The monoisotopic (exact) mass is 372 g/mol. The summed E-state index contributed by atoms with van der Waals surface area (Å²) in [5, 5.41) is 3.04. The normalized spacial score (nSPS) is 15.7. The van der Waals surface area contributed by atoms with E-state index < -0.39 is 0 Å². The molecule has 0 radical (unpaired) electrons. The summed E-state index contributed by atoms with van der Waals surface area (Å²) < 4.78 is 4.97. The van der Waals surface area contributed by atoms with Crippen molar-refractivity contribution in [1.29, 1.82) is 0 Å². The van der Waals surface area contributed by atoms with Crippen LogP contribution in [0.5, 0.6) is 0 Å². The van der Waals surface area contributed by atoms with Crippen LogP contribution in [0.2, 0.25) is 0 Å². The summed E-state index contributed by atoms with van der Waals surface area (Å²) in [4.78, 5) is 33.8. The Hall–Kier alpha value is -2.41. The fourth-order valence-corrected chi connectivity index (χ4v) is 3.48.